The fourth-order valence-corrected chi connectivity index (χ4v) is 1.04. The first kappa shape index (κ1) is 10.9. The molecular weight excluding hydrogens is 180 g/mol. The van der Waals surface area contributed by atoms with Crippen molar-refractivity contribution in [1.29, 1.82) is 0 Å². The third-order valence-electron chi connectivity index (χ3n) is 2.30. The summed E-state index contributed by atoms with van der Waals surface area (Å²) in [5.41, 5.74) is -0.221. The van der Waals surface area contributed by atoms with Crippen molar-refractivity contribution in [3.8, 4) is 0 Å². The molecule has 78 valence electrons. The van der Waals surface area contributed by atoms with Crippen LogP contribution in [0.5, 0.6) is 0 Å². The average Bonchev–Trinajstić information content (AvgIpc) is 2.17. The number of aryl methyl sites for hydroxylation is 1. The summed E-state index contributed by atoms with van der Waals surface area (Å²) in [5, 5.41) is 0. The maximum Gasteiger partial charge on any atom is 0.253 e. The van der Waals surface area contributed by atoms with E-state index in [-0.39, 0.29) is 11.2 Å². The molecule has 1 aromatic rings. The van der Waals surface area contributed by atoms with Crippen molar-refractivity contribution >= 4 is 0 Å². The summed E-state index contributed by atoms with van der Waals surface area (Å²) in [6.45, 7) is 4.62. The van der Waals surface area contributed by atoms with Crippen LogP contribution in [0.4, 0.5) is 0 Å². The fraction of sp³-hybridized carbons (Fsp3) is 0.600. The Balaban J connectivity index is 2.63. The van der Waals surface area contributed by atoms with Crippen molar-refractivity contribution in [2.45, 2.75) is 32.4 Å². The molecule has 0 spiro atoms. The van der Waals surface area contributed by atoms with Crippen molar-refractivity contribution in [3.63, 3.8) is 0 Å². The zero-order chi connectivity index (χ0) is 10.6. The van der Waals surface area contributed by atoms with Gasteiger partial charge in [-0.2, -0.15) is 0 Å². The highest BCUT2D eigenvalue weighted by Gasteiger charge is 2.15. The molecule has 0 N–H and O–H groups in total. The Kier molecular flexibility index (Phi) is 3.41. The third-order valence-corrected chi connectivity index (χ3v) is 2.30. The van der Waals surface area contributed by atoms with Crippen LogP contribution in [0.3, 0.4) is 0 Å². The lowest BCUT2D eigenvalue weighted by Gasteiger charge is -2.22. The van der Waals surface area contributed by atoms with Gasteiger partial charge in [0.2, 0.25) is 0 Å². The summed E-state index contributed by atoms with van der Waals surface area (Å²) < 4.78 is 6.85. The Hall–Kier alpha value is -1.16. The van der Waals surface area contributed by atoms with Crippen LogP contribution >= 0.6 is 0 Å². The van der Waals surface area contributed by atoms with Gasteiger partial charge in [-0.15, -0.1) is 0 Å². The Morgan fingerprint density at radius 1 is 1.57 bits per heavy atom. The number of nitrogens with zero attached hydrogens (tertiary/aromatic N) is 2. The first-order valence-corrected chi connectivity index (χ1v) is 4.61. The van der Waals surface area contributed by atoms with E-state index in [0.717, 1.165) is 6.42 Å². The zero-order valence-electron chi connectivity index (χ0n) is 8.86. The minimum Gasteiger partial charge on any atom is -0.379 e. The molecule has 0 saturated carbocycles. The molecule has 0 radical (unpaired) electrons. The summed E-state index contributed by atoms with van der Waals surface area (Å²) in [6.07, 6.45) is 3.84. The molecule has 4 heteroatoms. The molecule has 0 aliphatic rings. The predicted molar refractivity (Wildman–Crippen MR) is 54.2 cm³/mol. The van der Waals surface area contributed by atoms with Crippen LogP contribution < -0.4 is 5.56 Å². The number of rotatable bonds is 4. The SMILES string of the molecule is COC(C)(C)CCn1cnccc1=O. The van der Waals surface area contributed by atoms with Gasteiger partial charge in [0.1, 0.15) is 0 Å². The molecule has 0 saturated heterocycles. The molecule has 0 amide bonds. The smallest absolute Gasteiger partial charge is 0.253 e. The van der Waals surface area contributed by atoms with Crippen molar-refractivity contribution in [1.82, 2.24) is 9.55 Å². The highest BCUT2D eigenvalue weighted by molar-refractivity contribution is 4.82. The maximum atomic E-state index is 11.3. The van der Waals surface area contributed by atoms with E-state index in [1.54, 1.807) is 18.0 Å². The molecule has 0 unspecified atom stereocenters. The molecule has 1 aromatic heterocycles. The molecule has 0 fully saturated rings. The van der Waals surface area contributed by atoms with Gasteiger partial charge in [0.05, 0.1) is 11.9 Å². The Morgan fingerprint density at radius 2 is 2.29 bits per heavy atom. The normalized spacial score (nSPS) is 11.6. The maximum absolute atomic E-state index is 11.3. The largest absolute Gasteiger partial charge is 0.379 e. The Bertz CT molecular complexity index is 344. The fourth-order valence-electron chi connectivity index (χ4n) is 1.04. The molecule has 1 heterocycles. The molecule has 14 heavy (non-hydrogen) atoms. The number of aromatic nitrogens is 2. The minimum atomic E-state index is -0.199. The Labute approximate surface area is 83.5 Å². The second kappa shape index (κ2) is 4.37. The molecule has 4 nitrogen and oxygen atoms in total. The van der Waals surface area contributed by atoms with Gasteiger partial charge in [-0.05, 0) is 20.3 Å². The quantitative estimate of drug-likeness (QED) is 0.723. The van der Waals surface area contributed by atoms with Gasteiger partial charge in [0.25, 0.3) is 5.56 Å². The van der Waals surface area contributed by atoms with Crippen molar-refractivity contribution in [2.24, 2.45) is 0 Å². The molecule has 1 rings (SSSR count). The van der Waals surface area contributed by atoms with E-state index in [1.165, 1.54) is 12.3 Å². The first-order valence-electron chi connectivity index (χ1n) is 4.61. The zero-order valence-corrected chi connectivity index (χ0v) is 8.86. The number of hydrogen-bond donors (Lipinski definition) is 0. The molecule has 0 atom stereocenters. The van der Waals surface area contributed by atoms with Gasteiger partial charge in [-0.3, -0.25) is 9.36 Å². The van der Waals surface area contributed by atoms with E-state index in [9.17, 15) is 4.79 Å². The minimum absolute atomic E-state index is 0.0214. The second-order valence-corrected chi connectivity index (χ2v) is 3.83. The van der Waals surface area contributed by atoms with Gasteiger partial charge in [-0.1, -0.05) is 0 Å². The molecule has 0 aromatic carbocycles. The van der Waals surface area contributed by atoms with Crippen LogP contribution in [0, 0.1) is 0 Å². The summed E-state index contributed by atoms with van der Waals surface area (Å²) in [6, 6.07) is 1.46. The van der Waals surface area contributed by atoms with Crippen LogP contribution in [-0.2, 0) is 11.3 Å². The van der Waals surface area contributed by atoms with Gasteiger partial charge in [0.15, 0.2) is 0 Å². The van der Waals surface area contributed by atoms with Crippen LogP contribution in [0.2, 0.25) is 0 Å². The van der Waals surface area contributed by atoms with E-state index in [2.05, 4.69) is 4.98 Å². The van der Waals surface area contributed by atoms with E-state index in [4.69, 9.17) is 4.74 Å². The van der Waals surface area contributed by atoms with Gasteiger partial charge < -0.3 is 4.74 Å². The lowest BCUT2D eigenvalue weighted by atomic mass is 10.1. The highest BCUT2D eigenvalue weighted by atomic mass is 16.5. The summed E-state index contributed by atoms with van der Waals surface area (Å²) in [4.78, 5) is 15.2. The van der Waals surface area contributed by atoms with Crippen LogP contribution in [-0.4, -0.2) is 22.3 Å². The van der Waals surface area contributed by atoms with Gasteiger partial charge in [0, 0.05) is 25.9 Å². The number of hydrogen-bond acceptors (Lipinski definition) is 3. The molecule has 0 aliphatic heterocycles. The second-order valence-electron chi connectivity index (χ2n) is 3.83. The third kappa shape index (κ3) is 2.96. The molecule has 0 bridgehead atoms. The van der Waals surface area contributed by atoms with Crippen LogP contribution in [0.1, 0.15) is 20.3 Å². The standard InChI is InChI=1S/C10H16N2O2/c1-10(2,14-3)5-7-12-8-11-6-4-9(12)13/h4,6,8H,5,7H2,1-3H3. The summed E-state index contributed by atoms with van der Waals surface area (Å²) in [7, 11) is 1.67. The topological polar surface area (TPSA) is 44.1 Å². The molecule has 0 aliphatic carbocycles. The van der Waals surface area contributed by atoms with Crippen molar-refractivity contribution in [2.75, 3.05) is 7.11 Å². The highest BCUT2D eigenvalue weighted by Crippen LogP contribution is 2.12. The summed E-state index contributed by atoms with van der Waals surface area (Å²) in [5.74, 6) is 0. The van der Waals surface area contributed by atoms with Crippen LogP contribution in [0.15, 0.2) is 23.4 Å². The van der Waals surface area contributed by atoms with E-state index in [1.807, 2.05) is 13.8 Å². The summed E-state index contributed by atoms with van der Waals surface area (Å²) >= 11 is 0. The van der Waals surface area contributed by atoms with E-state index >= 15 is 0 Å². The van der Waals surface area contributed by atoms with Crippen molar-refractivity contribution < 1.29 is 4.74 Å². The monoisotopic (exact) mass is 196 g/mol. The predicted octanol–water partition coefficient (Wildman–Crippen LogP) is 1.06. The van der Waals surface area contributed by atoms with Gasteiger partial charge in [-0.25, -0.2) is 4.98 Å². The first-order chi connectivity index (χ1) is 6.55. The van der Waals surface area contributed by atoms with Crippen molar-refractivity contribution in [3.05, 3.63) is 28.9 Å². The van der Waals surface area contributed by atoms with Crippen LogP contribution in [0.25, 0.3) is 0 Å². The van der Waals surface area contributed by atoms with E-state index < -0.39 is 0 Å². The van der Waals surface area contributed by atoms with Gasteiger partial charge >= 0.3 is 0 Å². The number of methoxy groups -OCH3 is 1. The lowest BCUT2D eigenvalue weighted by Crippen LogP contribution is -2.28. The average molecular weight is 196 g/mol. The number of ether oxygens (including phenoxy) is 1. The van der Waals surface area contributed by atoms with E-state index in [0.29, 0.717) is 6.54 Å². The molecular formula is C10H16N2O2. The Morgan fingerprint density at radius 3 is 2.86 bits per heavy atom. The lowest BCUT2D eigenvalue weighted by molar-refractivity contribution is 0.0118.